The molecule has 6 nitrogen and oxygen atoms in total. The van der Waals surface area contributed by atoms with E-state index in [1.54, 1.807) is 12.1 Å². The molecule has 4 unspecified atom stereocenters. The summed E-state index contributed by atoms with van der Waals surface area (Å²) in [5, 5.41) is 3.86. The molecule has 3 aliphatic rings. The topological polar surface area (TPSA) is 82.3 Å². The number of H-pyrrole nitrogens is 1. The van der Waals surface area contributed by atoms with E-state index in [9.17, 15) is 14.4 Å². The van der Waals surface area contributed by atoms with Gasteiger partial charge in [0.15, 0.2) is 0 Å². The van der Waals surface area contributed by atoms with Crippen molar-refractivity contribution < 1.29 is 14.4 Å². The van der Waals surface area contributed by atoms with Gasteiger partial charge in [-0.2, -0.15) is 0 Å². The molecule has 26 heavy (non-hydrogen) atoms. The molecular weight excluding hydrogens is 330 g/mol. The minimum absolute atomic E-state index is 0.0705. The Morgan fingerprint density at radius 1 is 1.12 bits per heavy atom. The van der Waals surface area contributed by atoms with Gasteiger partial charge in [0.05, 0.1) is 11.8 Å². The SMILES string of the molecule is O=C(NCCN1C(=O)C2C3C=CC(C3)C2C1=O)c1ccc2cc[nH]c2c1. The van der Waals surface area contributed by atoms with Crippen LogP contribution in [0.15, 0.2) is 42.6 Å². The Kier molecular flexibility index (Phi) is 3.29. The summed E-state index contributed by atoms with van der Waals surface area (Å²) in [6.45, 7) is 0.502. The number of carbonyl (C=O) groups is 3. The monoisotopic (exact) mass is 349 g/mol. The smallest absolute Gasteiger partial charge is 0.251 e. The van der Waals surface area contributed by atoms with Crippen molar-refractivity contribution in [3.8, 4) is 0 Å². The number of nitrogens with zero attached hydrogens (tertiary/aromatic N) is 1. The summed E-state index contributed by atoms with van der Waals surface area (Å²) >= 11 is 0. The number of carbonyl (C=O) groups excluding carboxylic acids is 3. The van der Waals surface area contributed by atoms with Gasteiger partial charge < -0.3 is 10.3 Å². The Morgan fingerprint density at radius 2 is 1.85 bits per heavy atom. The van der Waals surface area contributed by atoms with Gasteiger partial charge in [0, 0.05) is 30.4 Å². The molecule has 1 aromatic carbocycles. The maximum absolute atomic E-state index is 12.6. The second-order valence-electron chi connectivity index (χ2n) is 7.36. The van der Waals surface area contributed by atoms with Gasteiger partial charge in [0.1, 0.15) is 0 Å². The molecule has 2 aliphatic carbocycles. The van der Waals surface area contributed by atoms with Gasteiger partial charge in [-0.3, -0.25) is 19.3 Å². The molecule has 2 bridgehead atoms. The van der Waals surface area contributed by atoms with Crippen molar-refractivity contribution in [3.05, 3.63) is 48.2 Å². The van der Waals surface area contributed by atoms with E-state index >= 15 is 0 Å². The zero-order valence-electron chi connectivity index (χ0n) is 14.1. The number of likely N-dealkylation sites (tertiary alicyclic amines) is 1. The van der Waals surface area contributed by atoms with Crippen LogP contribution in [0.1, 0.15) is 16.8 Å². The first-order valence-corrected chi connectivity index (χ1v) is 9.02. The zero-order valence-corrected chi connectivity index (χ0v) is 14.1. The molecule has 132 valence electrons. The summed E-state index contributed by atoms with van der Waals surface area (Å²) < 4.78 is 0. The number of rotatable bonds is 4. The van der Waals surface area contributed by atoms with Crippen molar-refractivity contribution in [3.63, 3.8) is 0 Å². The van der Waals surface area contributed by atoms with E-state index in [2.05, 4.69) is 22.5 Å². The molecule has 0 radical (unpaired) electrons. The highest BCUT2D eigenvalue weighted by Gasteiger charge is 2.58. The molecule has 6 heteroatoms. The summed E-state index contributed by atoms with van der Waals surface area (Å²) in [7, 11) is 0. The molecule has 1 saturated heterocycles. The lowest BCUT2D eigenvalue weighted by Gasteiger charge is -2.17. The van der Waals surface area contributed by atoms with Crippen molar-refractivity contribution in [1.29, 1.82) is 0 Å². The molecule has 2 aromatic rings. The van der Waals surface area contributed by atoms with Crippen LogP contribution in [0.25, 0.3) is 10.9 Å². The van der Waals surface area contributed by atoms with E-state index in [0.29, 0.717) is 5.56 Å². The standard InChI is InChI=1S/C20H19N3O3/c24-18(14-4-1-11-5-6-21-15(11)10-14)22-7-8-23-19(25)16-12-2-3-13(9-12)17(16)20(23)26/h1-6,10,12-13,16-17,21H,7-9H2,(H,22,24). The summed E-state index contributed by atoms with van der Waals surface area (Å²) in [6, 6.07) is 7.40. The third kappa shape index (κ3) is 2.14. The van der Waals surface area contributed by atoms with Crippen molar-refractivity contribution in [1.82, 2.24) is 15.2 Å². The Balaban J connectivity index is 1.22. The highest BCUT2D eigenvalue weighted by molar-refractivity contribution is 6.06. The van der Waals surface area contributed by atoms with Crippen LogP contribution in [0.5, 0.6) is 0 Å². The Labute approximate surface area is 150 Å². The van der Waals surface area contributed by atoms with Gasteiger partial charge in [-0.1, -0.05) is 18.2 Å². The number of aromatic nitrogens is 1. The number of fused-ring (bicyclic) bond motifs is 6. The number of benzene rings is 1. The van der Waals surface area contributed by atoms with Gasteiger partial charge in [0.2, 0.25) is 11.8 Å². The van der Waals surface area contributed by atoms with Crippen LogP contribution in [0.2, 0.25) is 0 Å². The lowest BCUT2D eigenvalue weighted by molar-refractivity contribution is -0.140. The van der Waals surface area contributed by atoms with Gasteiger partial charge in [-0.15, -0.1) is 0 Å². The lowest BCUT2D eigenvalue weighted by Crippen LogP contribution is -2.39. The first-order chi connectivity index (χ1) is 12.6. The summed E-state index contributed by atoms with van der Waals surface area (Å²) in [5.74, 6) is -0.269. The second kappa shape index (κ2) is 5.56. The van der Waals surface area contributed by atoms with Crippen molar-refractivity contribution in [2.45, 2.75) is 6.42 Å². The van der Waals surface area contributed by atoms with E-state index < -0.39 is 0 Å². The number of amides is 3. The van der Waals surface area contributed by atoms with E-state index in [1.165, 1.54) is 4.90 Å². The maximum atomic E-state index is 12.6. The number of hydrogen-bond donors (Lipinski definition) is 2. The minimum atomic E-state index is -0.206. The van der Waals surface area contributed by atoms with Crippen LogP contribution in [0, 0.1) is 23.7 Å². The zero-order chi connectivity index (χ0) is 17.8. The fourth-order valence-corrected chi connectivity index (χ4v) is 4.76. The van der Waals surface area contributed by atoms with Crippen LogP contribution in [-0.4, -0.2) is 40.7 Å². The van der Waals surface area contributed by atoms with Crippen molar-refractivity contribution in [2.24, 2.45) is 23.7 Å². The number of imide groups is 1. The van der Waals surface area contributed by atoms with E-state index in [1.807, 2.05) is 18.3 Å². The fourth-order valence-electron chi connectivity index (χ4n) is 4.76. The van der Waals surface area contributed by atoms with Gasteiger partial charge in [-0.05, 0) is 41.8 Å². The fraction of sp³-hybridized carbons (Fsp3) is 0.350. The quantitative estimate of drug-likeness (QED) is 0.651. The third-order valence-corrected chi connectivity index (χ3v) is 6.00. The van der Waals surface area contributed by atoms with E-state index in [4.69, 9.17) is 0 Å². The molecule has 2 fully saturated rings. The van der Waals surface area contributed by atoms with Crippen LogP contribution < -0.4 is 5.32 Å². The average molecular weight is 349 g/mol. The van der Waals surface area contributed by atoms with Crippen LogP contribution in [-0.2, 0) is 9.59 Å². The highest BCUT2D eigenvalue weighted by atomic mass is 16.2. The highest BCUT2D eigenvalue weighted by Crippen LogP contribution is 2.52. The minimum Gasteiger partial charge on any atom is -0.361 e. The number of hydrogen-bond acceptors (Lipinski definition) is 3. The average Bonchev–Trinajstić information content (AvgIpc) is 3.40. The lowest BCUT2D eigenvalue weighted by atomic mass is 9.85. The molecule has 1 saturated carbocycles. The number of nitrogens with one attached hydrogen (secondary N) is 2. The predicted octanol–water partition coefficient (Wildman–Crippen LogP) is 1.70. The van der Waals surface area contributed by atoms with Crippen molar-refractivity contribution >= 4 is 28.6 Å². The first kappa shape index (κ1) is 15.4. The Hall–Kier alpha value is -2.89. The van der Waals surface area contributed by atoms with Gasteiger partial charge in [-0.25, -0.2) is 0 Å². The third-order valence-electron chi connectivity index (χ3n) is 6.00. The molecule has 3 amide bonds. The largest absolute Gasteiger partial charge is 0.361 e. The number of allylic oxidation sites excluding steroid dienone is 2. The van der Waals surface area contributed by atoms with Crippen molar-refractivity contribution in [2.75, 3.05) is 13.1 Å². The van der Waals surface area contributed by atoms with Crippen LogP contribution >= 0.6 is 0 Å². The first-order valence-electron chi connectivity index (χ1n) is 9.02. The molecule has 2 N–H and O–H groups in total. The van der Waals surface area contributed by atoms with Gasteiger partial charge >= 0.3 is 0 Å². The molecule has 4 atom stereocenters. The molecule has 2 heterocycles. The van der Waals surface area contributed by atoms with Gasteiger partial charge in [0.25, 0.3) is 5.91 Å². The summed E-state index contributed by atoms with van der Waals surface area (Å²) in [4.78, 5) is 42.0. The Bertz CT molecular complexity index is 930. The van der Waals surface area contributed by atoms with E-state index in [0.717, 1.165) is 17.3 Å². The number of aromatic amines is 1. The second-order valence-corrected chi connectivity index (χ2v) is 7.36. The molecule has 1 aliphatic heterocycles. The molecule has 1 aromatic heterocycles. The summed E-state index contributed by atoms with van der Waals surface area (Å²) in [5.41, 5.74) is 1.46. The van der Waals surface area contributed by atoms with Crippen LogP contribution in [0.4, 0.5) is 0 Å². The summed E-state index contributed by atoms with van der Waals surface area (Å²) in [6.07, 6.45) is 6.92. The Morgan fingerprint density at radius 3 is 2.58 bits per heavy atom. The molecule has 5 rings (SSSR count). The van der Waals surface area contributed by atoms with E-state index in [-0.39, 0.29) is 54.5 Å². The molecular formula is C20H19N3O3. The van der Waals surface area contributed by atoms with Crippen LogP contribution in [0.3, 0.4) is 0 Å². The maximum Gasteiger partial charge on any atom is 0.251 e. The normalized spacial score (nSPS) is 29.0. The molecule has 0 spiro atoms. The predicted molar refractivity (Wildman–Crippen MR) is 95.1 cm³/mol.